The number of ether oxygens (including phenoxy) is 1. The topological polar surface area (TPSA) is 107 Å². The van der Waals surface area contributed by atoms with E-state index in [9.17, 15) is 9.59 Å². The van der Waals surface area contributed by atoms with Crippen LogP contribution in [0, 0.1) is 5.92 Å². The molecule has 0 saturated heterocycles. The fourth-order valence-corrected chi connectivity index (χ4v) is 1.83. The highest BCUT2D eigenvalue weighted by molar-refractivity contribution is 5.81. The second-order valence-corrected chi connectivity index (χ2v) is 5.36. The van der Waals surface area contributed by atoms with E-state index in [1.165, 1.54) is 0 Å². The number of nitrogens with two attached hydrogens (primary N) is 2. The van der Waals surface area contributed by atoms with Crippen molar-refractivity contribution in [3.63, 3.8) is 0 Å². The van der Waals surface area contributed by atoms with Gasteiger partial charge in [-0.3, -0.25) is 9.59 Å². The maximum Gasteiger partial charge on any atom is 0.255 e. The van der Waals surface area contributed by atoms with E-state index in [4.69, 9.17) is 16.2 Å². The lowest BCUT2D eigenvalue weighted by Crippen LogP contribution is -2.41. The Bertz CT molecular complexity index is 489. The molecule has 0 aliphatic carbocycles. The number of carbonyl (C=O) groups excluding carboxylic acids is 2. The van der Waals surface area contributed by atoms with Crippen LogP contribution in [0.2, 0.25) is 0 Å². The highest BCUT2D eigenvalue weighted by Crippen LogP contribution is 2.13. The van der Waals surface area contributed by atoms with E-state index in [0.29, 0.717) is 24.6 Å². The summed E-state index contributed by atoms with van der Waals surface area (Å²) in [6, 6.07) is 6.60. The standard InChI is InChI=1S/C15H23N3O3/c1-10(2)6-13(16)15(20)18-8-11-4-3-5-12(7-11)21-9-14(17)19/h3-5,7,10,13H,6,8-9,16H2,1-2H3,(H2,17,19)(H,18,20)/t13-/m0/s1. The third-order valence-electron chi connectivity index (χ3n) is 2.81. The summed E-state index contributed by atoms with van der Waals surface area (Å²) in [5.74, 6) is 0.198. The Morgan fingerprint density at radius 1 is 1.33 bits per heavy atom. The van der Waals surface area contributed by atoms with Crippen LogP contribution in [-0.4, -0.2) is 24.5 Å². The van der Waals surface area contributed by atoms with Crippen molar-refractivity contribution in [2.24, 2.45) is 17.4 Å². The molecule has 1 atom stereocenters. The molecular weight excluding hydrogens is 270 g/mol. The Morgan fingerprint density at radius 3 is 2.67 bits per heavy atom. The predicted octanol–water partition coefficient (Wildman–Crippen LogP) is 0.540. The van der Waals surface area contributed by atoms with Crippen LogP contribution in [-0.2, 0) is 16.1 Å². The number of amides is 2. The number of hydrogen-bond acceptors (Lipinski definition) is 4. The molecule has 0 aromatic heterocycles. The Morgan fingerprint density at radius 2 is 2.05 bits per heavy atom. The molecule has 0 saturated carbocycles. The summed E-state index contributed by atoms with van der Waals surface area (Å²) in [5.41, 5.74) is 11.7. The molecule has 21 heavy (non-hydrogen) atoms. The minimum Gasteiger partial charge on any atom is -0.484 e. The molecule has 0 unspecified atom stereocenters. The molecule has 116 valence electrons. The summed E-state index contributed by atoms with van der Waals surface area (Å²) >= 11 is 0. The van der Waals surface area contributed by atoms with Crippen LogP contribution in [0.3, 0.4) is 0 Å². The largest absolute Gasteiger partial charge is 0.484 e. The zero-order chi connectivity index (χ0) is 15.8. The lowest BCUT2D eigenvalue weighted by molar-refractivity contribution is -0.123. The Hall–Kier alpha value is -2.08. The van der Waals surface area contributed by atoms with Gasteiger partial charge in [0.05, 0.1) is 6.04 Å². The predicted molar refractivity (Wildman–Crippen MR) is 80.4 cm³/mol. The van der Waals surface area contributed by atoms with Gasteiger partial charge in [-0.05, 0) is 30.0 Å². The molecule has 0 fully saturated rings. The number of primary amides is 1. The molecule has 2 amide bonds. The van der Waals surface area contributed by atoms with Crippen LogP contribution in [0.1, 0.15) is 25.8 Å². The summed E-state index contributed by atoms with van der Waals surface area (Å²) < 4.78 is 5.20. The van der Waals surface area contributed by atoms with E-state index in [2.05, 4.69) is 5.32 Å². The maximum atomic E-state index is 11.8. The molecule has 1 aromatic carbocycles. The van der Waals surface area contributed by atoms with Crippen molar-refractivity contribution in [3.05, 3.63) is 29.8 Å². The summed E-state index contributed by atoms with van der Waals surface area (Å²) in [6.07, 6.45) is 0.646. The van der Waals surface area contributed by atoms with Gasteiger partial charge in [0, 0.05) is 6.54 Å². The van der Waals surface area contributed by atoms with Crippen molar-refractivity contribution in [2.45, 2.75) is 32.9 Å². The van der Waals surface area contributed by atoms with E-state index in [-0.39, 0.29) is 12.5 Å². The highest BCUT2D eigenvalue weighted by atomic mass is 16.5. The van der Waals surface area contributed by atoms with Gasteiger partial charge >= 0.3 is 0 Å². The smallest absolute Gasteiger partial charge is 0.255 e. The van der Waals surface area contributed by atoms with Crippen molar-refractivity contribution in [3.8, 4) is 5.75 Å². The fourth-order valence-electron chi connectivity index (χ4n) is 1.83. The number of carbonyl (C=O) groups is 2. The average molecular weight is 293 g/mol. The van der Waals surface area contributed by atoms with Gasteiger partial charge in [0.2, 0.25) is 5.91 Å². The molecule has 0 heterocycles. The quantitative estimate of drug-likeness (QED) is 0.650. The molecule has 0 aliphatic heterocycles. The molecule has 0 radical (unpaired) electrons. The van der Waals surface area contributed by atoms with Crippen molar-refractivity contribution in [1.29, 1.82) is 0 Å². The van der Waals surface area contributed by atoms with Gasteiger partial charge in [-0.1, -0.05) is 26.0 Å². The van der Waals surface area contributed by atoms with Gasteiger partial charge in [-0.15, -0.1) is 0 Å². The summed E-state index contributed by atoms with van der Waals surface area (Å²) in [4.78, 5) is 22.5. The summed E-state index contributed by atoms with van der Waals surface area (Å²) in [5, 5.41) is 2.79. The van der Waals surface area contributed by atoms with Crippen molar-refractivity contribution < 1.29 is 14.3 Å². The van der Waals surface area contributed by atoms with E-state index in [1.807, 2.05) is 19.9 Å². The fraction of sp³-hybridized carbons (Fsp3) is 0.467. The minimum absolute atomic E-state index is 0.172. The zero-order valence-electron chi connectivity index (χ0n) is 12.5. The van der Waals surface area contributed by atoms with Crippen molar-refractivity contribution >= 4 is 11.8 Å². The first-order valence-corrected chi connectivity index (χ1v) is 6.91. The summed E-state index contributed by atoms with van der Waals surface area (Å²) in [7, 11) is 0. The SMILES string of the molecule is CC(C)C[C@H](N)C(=O)NCc1cccc(OCC(N)=O)c1. The van der Waals surface area contributed by atoms with Crippen molar-refractivity contribution in [2.75, 3.05) is 6.61 Å². The van der Waals surface area contributed by atoms with Gasteiger partial charge in [-0.2, -0.15) is 0 Å². The maximum absolute atomic E-state index is 11.8. The van der Waals surface area contributed by atoms with Gasteiger partial charge in [0.25, 0.3) is 5.91 Å². The third kappa shape index (κ3) is 6.76. The highest BCUT2D eigenvalue weighted by Gasteiger charge is 2.14. The molecule has 1 aromatic rings. The lowest BCUT2D eigenvalue weighted by Gasteiger charge is -2.14. The van der Waals surface area contributed by atoms with E-state index in [0.717, 1.165) is 5.56 Å². The van der Waals surface area contributed by atoms with Crippen LogP contribution in [0.4, 0.5) is 0 Å². The molecule has 0 spiro atoms. The normalized spacial score (nSPS) is 12.0. The second-order valence-electron chi connectivity index (χ2n) is 5.36. The van der Waals surface area contributed by atoms with Gasteiger partial charge < -0.3 is 21.5 Å². The van der Waals surface area contributed by atoms with Crippen LogP contribution in [0.25, 0.3) is 0 Å². The van der Waals surface area contributed by atoms with E-state index < -0.39 is 11.9 Å². The number of benzene rings is 1. The first-order valence-electron chi connectivity index (χ1n) is 6.91. The van der Waals surface area contributed by atoms with E-state index in [1.54, 1.807) is 18.2 Å². The molecule has 5 N–H and O–H groups in total. The van der Waals surface area contributed by atoms with E-state index >= 15 is 0 Å². The Labute approximate surface area is 124 Å². The number of hydrogen-bond donors (Lipinski definition) is 3. The zero-order valence-corrected chi connectivity index (χ0v) is 12.5. The van der Waals surface area contributed by atoms with Crippen LogP contribution in [0.15, 0.2) is 24.3 Å². The van der Waals surface area contributed by atoms with Gasteiger partial charge in [0.15, 0.2) is 6.61 Å². The monoisotopic (exact) mass is 293 g/mol. The summed E-state index contributed by atoms with van der Waals surface area (Å²) in [6.45, 7) is 4.23. The number of rotatable bonds is 8. The number of nitrogens with one attached hydrogen (secondary N) is 1. The van der Waals surface area contributed by atoms with Gasteiger partial charge in [-0.25, -0.2) is 0 Å². The molecule has 0 aliphatic rings. The third-order valence-corrected chi connectivity index (χ3v) is 2.81. The molecule has 0 bridgehead atoms. The molecular formula is C15H23N3O3. The molecule has 1 rings (SSSR count). The lowest BCUT2D eigenvalue weighted by atomic mass is 10.0. The minimum atomic E-state index is -0.534. The molecule has 6 nitrogen and oxygen atoms in total. The van der Waals surface area contributed by atoms with Gasteiger partial charge in [0.1, 0.15) is 5.75 Å². The Kier molecular flexibility index (Phi) is 6.68. The Balaban J connectivity index is 2.49. The van der Waals surface area contributed by atoms with Crippen LogP contribution >= 0.6 is 0 Å². The second kappa shape index (κ2) is 8.26. The van der Waals surface area contributed by atoms with Crippen LogP contribution < -0.4 is 21.5 Å². The first kappa shape index (κ1) is 17.0. The van der Waals surface area contributed by atoms with Crippen LogP contribution in [0.5, 0.6) is 5.75 Å². The molecule has 6 heteroatoms. The first-order chi connectivity index (χ1) is 9.88. The average Bonchev–Trinajstić information content (AvgIpc) is 2.42. The van der Waals surface area contributed by atoms with Crippen molar-refractivity contribution in [1.82, 2.24) is 5.32 Å².